The molecule has 5 heterocycles. The van der Waals surface area contributed by atoms with Gasteiger partial charge in [0.2, 0.25) is 5.91 Å². The number of benzene rings is 1. The zero-order valence-electron chi connectivity index (χ0n) is 20.3. The van der Waals surface area contributed by atoms with Crippen LogP contribution in [0.4, 0.5) is 5.82 Å². The number of amides is 1. The molecule has 1 aliphatic carbocycles. The van der Waals surface area contributed by atoms with Crippen LogP contribution in [0.5, 0.6) is 0 Å². The van der Waals surface area contributed by atoms with Gasteiger partial charge in [0.15, 0.2) is 11.6 Å². The van der Waals surface area contributed by atoms with E-state index in [1.165, 1.54) is 17.7 Å². The van der Waals surface area contributed by atoms with Crippen LogP contribution < -0.4 is 4.90 Å². The molecule has 36 heavy (non-hydrogen) atoms. The zero-order valence-corrected chi connectivity index (χ0v) is 21.1. The number of carbonyl (C=O) groups excluding carboxylic acids is 1. The van der Waals surface area contributed by atoms with Gasteiger partial charge in [-0.15, -0.1) is 11.3 Å². The number of carbonyl (C=O) groups is 1. The molecule has 1 amide bonds. The largest absolute Gasteiger partial charge is 0.378 e. The van der Waals surface area contributed by atoms with Crippen molar-refractivity contribution in [2.75, 3.05) is 57.4 Å². The normalized spacial score (nSPS) is 19.6. The molecule has 7 rings (SSSR count). The van der Waals surface area contributed by atoms with Crippen LogP contribution in [0.3, 0.4) is 0 Å². The summed E-state index contributed by atoms with van der Waals surface area (Å²) in [4.78, 5) is 34.1. The predicted octanol–water partition coefficient (Wildman–Crippen LogP) is 3.73. The third-order valence-electron chi connectivity index (χ3n) is 7.50. The first-order valence-electron chi connectivity index (χ1n) is 12.9. The number of ether oxygens (including phenoxy) is 1. The number of aromatic nitrogens is 3. The van der Waals surface area contributed by atoms with Crippen LogP contribution in [-0.4, -0.2) is 83.1 Å². The molecule has 3 aliphatic rings. The van der Waals surface area contributed by atoms with Gasteiger partial charge in [0.25, 0.3) is 0 Å². The number of hydrogen-bond donors (Lipinski definition) is 1. The van der Waals surface area contributed by atoms with E-state index in [1.54, 1.807) is 11.3 Å². The minimum atomic E-state index is 0.268. The number of thiophene rings is 1. The topological polar surface area (TPSA) is 77.6 Å². The summed E-state index contributed by atoms with van der Waals surface area (Å²) in [6.45, 7) is 7.05. The molecule has 0 unspecified atom stereocenters. The molecular formula is C27H30N6O2S. The number of H-pyrrole nitrogens is 1. The van der Waals surface area contributed by atoms with E-state index in [1.807, 2.05) is 6.20 Å². The molecule has 0 radical (unpaired) electrons. The number of nitrogens with zero attached hydrogens (tertiary/aromatic N) is 5. The van der Waals surface area contributed by atoms with Crippen molar-refractivity contribution in [3.63, 3.8) is 0 Å². The highest BCUT2D eigenvalue weighted by Crippen LogP contribution is 2.36. The van der Waals surface area contributed by atoms with Crippen molar-refractivity contribution in [3.05, 3.63) is 41.4 Å². The van der Waals surface area contributed by atoms with E-state index in [2.05, 4.69) is 50.0 Å². The molecule has 9 heteroatoms. The van der Waals surface area contributed by atoms with Crippen LogP contribution in [0.25, 0.3) is 32.5 Å². The van der Waals surface area contributed by atoms with Crippen molar-refractivity contribution in [2.45, 2.75) is 19.4 Å². The number of anilines is 1. The van der Waals surface area contributed by atoms with Crippen molar-refractivity contribution in [2.24, 2.45) is 5.92 Å². The Morgan fingerprint density at radius 1 is 1.08 bits per heavy atom. The predicted molar refractivity (Wildman–Crippen MR) is 142 cm³/mol. The molecule has 1 saturated carbocycles. The fourth-order valence-electron chi connectivity index (χ4n) is 5.35. The lowest BCUT2D eigenvalue weighted by atomic mass is 10.1. The van der Waals surface area contributed by atoms with Crippen molar-refractivity contribution < 1.29 is 9.53 Å². The van der Waals surface area contributed by atoms with E-state index < -0.39 is 0 Å². The Bertz CT molecular complexity index is 1420. The van der Waals surface area contributed by atoms with Gasteiger partial charge in [-0.3, -0.25) is 9.69 Å². The molecule has 0 spiro atoms. The number of nitrogens with one attached hydrogen (secondary N) is 1. The Labute approximate surface area is 213 Å². The molecule has 3 fully saturated rings. The lowest BCUT2D eigenvalue weighted by molar-refractivity contribution is -0.136. The Kier molecular flexibility index (Phi) is 5.64. The van der Waals surface area contributed by atoms with E-state index in [0.29, 0.717) is 19.8 Å². The lowest BCUT2D eigenvalue weighted by Crippen LogP contribution is -2.50. The quantitative estimate of drug-likeness (QED) is 0.433. The van der Waals surface area contributed by atoms with Gasteiger partial charge in [-0.2, -0.15) is 0 Å². The van der Waals surface area contributed by atoms with E-state index >= 15 is 0 Å². The highest BCUT2D eigenvalue weighted by Gasteiger charge is 2.30. The van der Waals surface area contributed by atoms with Gasteiger partial charge in [0.1, 0.15) is 0 Å². The Balaban J connectivity index is 1.21. The van der Waals surface area contributed by atoms with E-state index in [0.717, 1.165) is 83.5 Å². The molecule has 0 bridgehead atoms. The first-order chi connectivity index (χ1) is 17.7. The Morgan fingerprint density at radius 3 is 2.81 bits per heavy atom. The summed E-state index contributed by atoms with van der Waals surface area (Å²) in [5, 5.41) is 1.13. The maximum atomic E-state index is 12.7. The summed E-state index contributed by atoms with van der Waals surface area (Å²) in [5.74, 6) is 2.76. The van der Waals surface area contributed by atoms with Crippen LogP contribution >= 0.6 is 11.3 Å². The van der Waals surface area contributed by atoms with E-state index in [4.69, 9.17) is 14.7 Å². The number of hydrogen-bond acceptors (Lipinski definition) is 7. The number of rotatable bonds is 6. The maximum absolute atomic E-state index is 12.7. The molecule has 2 aliphatic heterocycles. The highest BCUT2D eigenvalue weighted by molar-refractivity contribution is 7.19. The SMILES string of the molecule is O=C1CN(Cc2cc3nc(-c4cccc5[nH]ccc45)nc(N4CCOCC4)c3s2)CCN1CC1CC1. The van der Waals surface area contributed by atoms with Crippen LogP contribution in [0.1, 0.15) is 17.7 Å². The summed E-state index contributed by atoms with van der Waals surface area (Å²) in [6, 6.07) is 10.5. The standard InChI is InChI=1S/C27H30N6O2S/c34-24-17-31(8-9-33(24)15-18-4-5-18)16-19-14-23-25(36-19)27(32-10-12-35-13-11-32)30-26(29-23)21-2-1-3-22-20(21)6-7-28-22/h1-3,6-7,14,18,28H,4-5,8-13,15-17H2. The maximum Gasteiger partial charge on any atom is 0.236 e. The molecular weight excluding hydrogens is 472 g/mol. The second-order valence-corrected chi connectivity index (χ2v) is 11.3. The number of morpholine rings is 1. The second-order valence-electron chi connectivity index (χ2n) is 10.1. The van der Waals surface area contributed by atoms with Crippen molar-refractivity contribution in [1.82, 2.24) is 24.8 Å². The smallest absolute Gasteiger partial charge is 0.236 e. The summed E-state index contributed by atoms with van der Waals surface area (Å²) in [6.07, 6.45) is 4.52. The van der Waals surface area contributed by atoms with Gasteiger partial charge in [0.05, 0.1) is 30.0 Å². The van der Waals surface area contributed by atoms with Crippen LogP contribution in [0.15, 0.2) is 36.5 Å². The third kappa shape index (κ3) is 4.25. The third-order valence-corrected chi connectivity index (χ3v) is 8.61. The summed E-state index contributed by atoms with van der Waals surface area (Å²) in [7, 11) is 0. The van der Waals surface area contributed by atoms with Crippen LogP contribution in [0.2, 0.25) is 0 Å². The summed E-state index contributed by atoms with van der Waals surface area (Å²) < 4.78 is 6.74. The van der Waals surface area contributed by atoms with Gasteiger partial charge >= 0.3 is 0 Å². The molecule has 4 aromatic rings. The average Bonchev–Trinajstić information content (AvgIpc) is 3.42. The number of aromatic amines is 1. The Morgan fingerprint density at radius 2 is 1.97 bits per heavy atom. The fourth-order valence-corrected chi connectivity index (χ4v) is 6.51. The molecule has 2 saturated heterocycles. The summed E-state index contributed by atoms with van der Waals surface area (Å²) in [5.41, 5.74) is 3.10. The molecule has 0 atom stereocenters. The van der Waals surface area contributed by atoms with Gasteiger partial charge in [-0.25, -0.2) is 9.97 Å². The molecule has 8 nitrogen and oxygen atoms in total. The minimum Gasteiger partial charge on any atom is -0.378 e. The second kappa shape index (κ2) is 9.14. The van der Waals surface area contributed by atoms with E-state index in [9.17, 15) is 4.79 Å². The minimum absolute atomic E-state index is 0.268. The fraction of sp³-hybridized carbons (Fsp3) is 0.444. The lowest BCUT2D eigenvalue weighted by Gasteiger charge is -2.34. The number of fused-ring (bicyclic) bond motifs is 2. The van der Waals surface area contributed by atoms with Gasteiger partial charge in [-0.1, -0.05) is 12.1 Å². The highest BCUT2D eigenvalue weighted by atomic mass is 32.1. The number of piperazine rings is 1. The molecule has 1 N–H and O–H groups in total. The van der Waals surface area contributed by atoms with Crippen molar-refractivity contribution >= 4 is 44.2 Å². The zero-order chi connectivity index (χ0) is 24.1. The first kappa shape index (κ1) is 22.2. The van der Waals surface area contributed by atoms with Crippen LogP contribution in [-0.2, 0) is 16.1 Å². The van der Waals surface area contributed by atoms with Gasteiger partial charge < -0.3 is 19.5 Å². The van der Waals surface area contributed by atoms with Gasteiger partial charge in [0, 0.05) is 66.8 Å². The monoisotopic (exact) mass is 502 g/mol. The van der Waals surface area contributed by atoms with E-state index in [-0.39, 0.29) is 5.91 Å². The Hall–Kier alpha value is -3.01. The average molecular weight is 503 g/mol. The molecule has 1 aromatic carbocycles. The van der Waals surface area contributed by atoms with Crippen molar-refractivity contribution in [1.29, 1.82) is 0 Å². The van der Waals surface area contributed by atoms with Crippen LogP contribution in [0, 0.1) is 5.92 Å². The summed E-state index contributed by atoms with van der Waals surface area (Å²) >= 11 is 1.76. The molecule has 186 valence electrons. The van der Waals surface area contributed by atoms with Gasteiger partial charge in [-0.05, 0) is 37.0 Å². The van der Waals surface area contributed by atoms with Crippen molar-refractivity contribution in [3.8, 4) is 11.4 Å². The first-order valence-corrected chi connectivity index (χ1v) is 13.7. The molecule has 3 aromatic heterocycles.